The van der Waals surface area contributed by atoms with E-state index in [1.54, 1.807) is 0 Å². The van der Waals surface area contributed by atoms with Crippen molar-refractivity contribution in [2.75, 3.05) is 32.7 Å². The first kappa shape index (κ1) is 15.8. The minimum atomic E-state index is 0.866. The lowest BCUT2D eigenvalue weighted by Crippen LogP contribution is -2.51. The Balaban J connectivity index is 1.41. The Labute approximate surface area is 135 Å². The first-order valence-electron chi connectivity index (χ1n) is 8.99. The predicted octanol–water partition coefficient (Wildman–Crippen LogP) is 3.90. The van der Waals surface area contributed by atoms with Crippen LogP contribution in [0, 0.1) is 5.92 Å². The van der Waals surface area contributed by atoms with Crippen LogP contribution in [0.3, 0.4) is 0 Å². The standard InChI is InChI=1S/C20H30N2/c1-18-7-5-11-20(17-18)22-15-13-21(14-16-22)12-6-10-19-8-3-2-4-9-19/h2-4,6,8-10,18,20H,5,7,11-17H2,1H3/b10-6+. The zero-order valence-corrected chi connectivity index (χ0v) is 14.0. The summed E-state index contributed by atoms with van der Waals surface area (Å²) < 4.78 is 0. The van der Waals surface area contributed by atoms with E-state index in [9.17, 15) is 0 Å². The summed E-state index contributed by atoms with van der Waals surface area (Å²) in [4.78, 5) is 5.34. The average Bonchev–Trinajstić information content (AvgIpc) is 2.56. The number of hydrogen-bond donors (Lipinski definition) is 0. The lowest BCUT2D eigenvalue weighted by molar-refractivity contribution is 0.0740. The van der Waals surface area contributed by atoms with Crippen LogP contribution in [-0.2, 0) is 0 Å². The Hall–Kier alpha value is -1.12. The van der Waals surface area contributed by atoms with Crippen molar-refractivity contribution in [2.24, 2.45) is 5.92 Å². The fourth-order valence-electron chi connectivity index (χ4n) is 3.95. The summed E-state index contributed by atoms with van der Waals surface area (Å²) in [6.45, 7) is 8.49. The summed E-state index contributed by atoms with van der Waals surface area (Å²) in [5.74, 6) is 0.936. The molecule has 1 heterocycles. The van der Waals surface area contributed by atoms with Crippen LogP contribution in [0.4, 0.5) is 0 Å². The zero-order valence-electron chi connectivity index (χ0n) is 14.0. The van der Waals surface area contributed by atoms with E-state index in [1.807, 2.05) is 0 Å². The summed E-state index contributed by atoms with van der Waals surface area (Å²) in [7, 11) is 0. The molecule has 2 heteroatoms. The zero-order chi connectivity index (χ0) is 15.2. The van der Waals surface area contributed by atoms with E-state index in [0.29, 0.717) is 0 Å². The van der Waals surface area contributed by atoms with Gasteiger partial charge in [0.15, 0.2) is 0 Å². The molecule has 1 aromatic rings. The predicted molar refractivity (Wildman–Crippen MR) is 94.9 cm³/mol. The Bertz CT molecular complexity index is 460. The summed E-state index contributed by atoms with van der Waals surface area (Å²) in [6, 6.07) is 11.5. The monoisotopic (exact) mass is 298 g/mol. The molecule has 2 atom stereocenters. The minimum Gasteiger partial charge on any atom is -0.298 e. The highest BCUT2D eigenvalue weighted by atomic mass is 15.3. The molecular weight excluding hydrogens is 268 g/mol. The fourth-order valence-corrected chi connectivity index (χ4v) is 3.95. The van der Waals surface area contributed by atoms with Crippen LogP contribution in [0.1, 0.15) is 38.2 Å². The van der Waals surface area contributed by atoms with Crippen LogP contribution in [0.15, 0.2) is 36.4 Å². The number of benzene rings is 1. The van der Waals surface area contributed by atoms with Gasteiger partial charge < -0.3 is 0 Å². The lowest BCUT2D eigenvalue weighted by Gasteiger charge is -2.41. The number of rotatable bonds is 4. The lowest BCUT2D eigenvalue weighted by atomic mass is 9.86. The summed E-state index contributed by atoms with van der Waals surface area (Å²) in [5, 5.41) is 0. The molecule has 22 heavy (non-hydrogen) atoms. The molecule has 1 aliphatic heterocycles. The summed E-state index contributed by atoms with van der Waals surface area (Å²) in [5.41, 5.74) is 1.30. The number of nitrogens with zero attached hydrogens (tertiary/aromatic N) is 2. The minimum absolute atomic E-state index is 0.866. The van der Waals surface area contributed by atoms with E-state index in [0.717, 1.165) is 18.5 Å². The molecule has 1 aromatic carbocycles. The van der Waals surface area contributed by atoms with Crippen molar-refractivity contribution in [1.29, 1.82) is 0 Å². The van der Waals surface area contributed by atoms with Crippen molar-refractivity contribution < 1.29 is 0 Å². The Morgan fingerprint density at radius 1 is 1.05 bits per heavy atom. The van der Waals surface area contributed by atoms with E-state index in [4.69, 9.17) is 0 Å². The van der Waals surface area contributed by atoms with Crippen LogP contribution in [-0.4, -0.2) is 48.6 Å². The van der Waals surface area contributed by atoms with Crippen LogP contribution in [0.2, 0.25) is 0 Å². The van der Waals surface area contributed by atoms with Crippen molar-refractivity contribution in [1.82, 2.24) is 9.80 Å². The molecule has 0 amide bonds. The van der Waals surface area contributed by atoms with Gasteiger partial charge in [-0.05, 0) is 24.3 Å². The molecule has 0 spiro atoms. The SMILES string of the molecule is CC1CCCC(N2CCN(C/C=C/c3ccccc3)CC2)C1. The second-order valence-electron chi connectivity index (χ2n) is 7.08. The van der Waals surface area contributed by atoms with Crippen LogP contribution in [0.25, 0.3) is 6.08 Å². The molecule has 3 rings (SSSR count). The van der Waals surface area contributed by atoms with Gasteiger partial charge in [0.1, 0.15) is 0 Å². The maximum absolute atomic E-state index is 2.76. The Morgan fingerprint density at radius 2 is 1.82 bits per heavy atom. The molecule has 0 aromatic heterocycles. The van der Waals surface area contributed by atoms with Crippen molar-refractivity contribution in [3.05, 3.63) is 42.0 Å². The van der Waals surface area contributed by atoms with Crippen molar-refractivity contribution in [3.63, 3.8) is 0 Å². The second-order valence-corrected chi connectivity index (χ2v) is 7.08. The molecule has 120 valence electrons. The molecule has 1 saturated carbocycles. The Morgan fingerprint density at radius 3 is 2.55 bits per heavy atom. The quantitative estimate of drug-likeness (QED) is 0.832. The van der Waals surface area contributed by atoms with Gasteiger partial charge in [-0.3, -0.25) is 9.80 Å². The molecule has 0 radical (unpaired) electrons. The molecule has 1 saturated heterocycles. The molecule has 2 nitrogen and oxygen atoms in total. The van der Waals surface area contributed by atoms with Crippen molar-refractivity contribution >= 4 is 6.08 Å². The number of hydrogen-bond acceptors (Lipinski definition) is 2. The molecule has 2 fully saturated rings. The van der Waals surface area contributed by atoms with Gasteiger partial charge in [0.25, 0.3) is 0 Å². The number of piperazine rings is 1. The third-order valence-electron chi connectivity index (χ3n) is 5.31. The van der Waals surface area contributed by atoms with E-state index in [2.05, 4.69) is 59.2 Å². The summed E-state index contributed by atoms with van der Waals surface area (Å²) in [6.07, 6.45) is 10.3. The second kappa shape index (κ2) is 7.94. The molecule has 2 aliphatic rings. The first-order chi connectivity index (χ1) is 10.8. The first-order valence-corrected chi connectivity index (χ1v) is 8.99. The maximum atomic E-state index is 2.76. The largest absolute Gasteiger partial charge is 0.298 e. The highest BCUT2D eigenvalue weighted by Gasteiger charge is 2.27. The van der Waals surface area contributed by atoms with Gasteiger partial charge in [-0.25, -0.2) is 0 Å². The molecule has 0 bridgehead atoms. The molecular formula is C20H30N2. The van der Waals surface area contributed by atoms with E-state index >= 15 is 0 Å². The fraction of sp³-hybridized carbons (Fsp3) is 0.600. The van der Waals surface area contributed by atoms with Crippen molar-refractivity contribution in [2.45, 2.75) is 38.6 Å². The summed E-state index contributed by atoms with van der Waals surface area (Å²) >= 11 is 0. The van der Waals surface area contributed by atoms with Crippen molar-refractivity contribution in [3.8, 4) is 0 Å². The van der Waals surface area contributed by atoms with E-state index in [1.165, 1.54) is 57.4 Å². The Kier molecular flexibility index (Phi) is 5.69. The van der Waals surface area contributed by atoms with Gasteiger partial charge in [0, 0.05) is 38.8 Å². The third kappa shape index (κ3) is 4.44. The van der Waals surface area contributed by atoms with Gasteiger partial charge in [0.05, 0.1) is 0 Å². The van der Waals surface area contributed by atoms with Crippen LogP contribution in [0.5, 0.6) is 0 Å². The highest BCUT2D eigenvalue weighted by molar-refractivity contribution is 5.48. The normalized spacial score (nSPS) is 28.2. The van der Waals surface area contributed by atoms with E-state index in [-0.39, 0.29) is 0 Å². The smallest absolute Gasteiger partial charge is 0.0167 e. The molecule has 2 unspecified atom stereocenters. The highest BCUT2D eigenvalue weighted by Crippen LogP contribution is 2.27. The van der Waals surface area contributed by atoms with E-state index < -0.39 is 0 Å². The van der Waals surface area contributed by atoms with Gasteiger partial charge in [-0.2, -0.15) is 0 Å². The maximum Gasteiger partial charge on any atom is 0.0167 e. The van der Waals surface area contributed by atoms with Gasteiger partial charge in [-0.1, -0.05) is 62.2 Å². The topological polar surface area (TPSA) is 6.48 Å². The van der Waals surface area contributed by atoms with Crippen LogP contribution >= 0.6 is 0 Å². The van der Waals surface area contributed by atoms with Gasteiger partial charge in [0.2, 0.25) is 0 Å². The third-order valence-corrected chi connectivity index (χ3v) is 5.31. The van der Waals surface area contributed by atoms with Crippen LogP contribution < -0.4 is 0 Å². The average molecular weight is 298 g/mol. The van der Waals surface area contributed by atoms with Gasteiger partial charge >= 0.3 is 0 Å². The van der Waals surface area contributed by atoms with Gasteiger partial charge in [-0.15, -0.1) is 0 Å². The molecule has 1 aliphatic carbocycles. The molecule has 0 N–H and O–H groups in total.